The first-order valence-corrected chi connectivity index (χ1v) is 16.9. The van der Waals surface area contributed by atoms with Crippen LogP contribution in [0.3, 0.4) is 0 Å². The summed E-state index contributed by atoms with van der Waals surface area (Å²) in [6.07, 6.45) is 9.42. The van der Waals surface area contributed by atoms with Crippen LogP contribution in [0.15, 0.2) is 48.8 Å². The normalized spacial score (nSPS) is 17.9. The van der Waals surface area contributed by atoms with Gasteiger partial charge in [-0.1, -0.05) is 82.8 Å². The molecule has 2 aliphatic rings. The molecule has 3 heterocycles. The largest absolute Gasteiger partial charge is 0.353 e. The number of carbonyl (C=O) groups is 2. The van der Waals surface area contributed by atoms with E-state index in [4.69, 9.17) is 46.4 Å². The maximum atomic E-state index is 11.5. The molecule has 1 aliphatic carbocycles. The van der Waals surface area contributed by atoms with E-state index in [1.807, 2.05) is 36.4 Å². The predicted octanol–water partition coefficient (Wildman–Crippen LogP) is 7.94. The number of ketones is 1. The summed E-state index contributed by atoms with van der Waals surface area (Å²) in [5.41, 5.74) is 5.22. The minimum absolute atomic E-state index is 0.116. The third kappa shape index (κ3) is 7.53. The molecule has 0 unspecified atom stereocenters. The number of nitrogens with one attached hydrogen (secondary N) is 2. The van der Waals surface area contributed by atoms with Crippen molar-refractivity contribution in [2.75, 3.05) is 6.54 Å². The Balaban J connectivity index is 1.17. The number of benzene rings is 2. The van der Waals surface area contributed by atoms with E-state index >= 15 is 0 Å². The minimum Gasteiger partial charge on any atom is -0.353 e. The van der Waals surface area contributed by atoms with E-state index in [-0.39, 0.29) is 11.9 Å². The molecule has 1 saturated carbocycles. The fourth-order valence-corrected chi connectivity index (χ4v) is 7.16. The summed E-state index contributed by atoms with van der Waals surface area (Å²) >= 11 is 27.1. The molecule has 0 bridgehead atoms. The molecule has 2 atom stereocenters. The summed E-state index contributed by atoms with van der Waals surface area (Å²) in [6, 6.07) is 11.5. The van der Waals surface area contributed by atoms with Crippen molar-refractivity contribution in [2.45, 2.75) is 64.0 Å². The Labute approximate surface area is 287 Å². The average Bonchev–Trinajstić information content (AvgIpc) is 3.66. The number of hydrogen-bond donors (Lipinski definition) is 2. The Morgan fingerprint density at radius 2 is 1.39 bits per heavy atom. The zero-order valence-corrected chi connectivity index (χ0v) is 28.0. The third-order valence-corrected chi connectivity index (χ3v) is 9.98. The van der Waals surface area contributed by atoms with Gasteiger partial charge in [-0.15, -0.1) is 0 Å². The second kappa shape index (κ2) is 14.7. The van der Waals surface area contributed by atoms with Gasteiger partial charge in [-0.25, -0.2) is 9.97 Å². The molecule has 0 spiro atoms. The summed E-state index contributed by atoms with van der Waals surface area (Å²) < 4.78 is 0. The lowest BCUT2D eigenvalue weighted by atomic mass is 9.98. The lowest BCUT2D eigenvalue weighted by Gasteiger charge is -2.14. The summed E-state index contributed by atoms with van der Waals surface area (Å²) in [5, 5.41) is 7.89. The lowest BCUT2D eigenvalue weighted by molar-refractivity contribution is -0.119. The topological polar surface area (TPSA) is 110 Å². The van der Waals surface area contributed by atoms with Gasteiger partial charge in [0, 0.05) is 54.1 Å². The smallest absolute Gasteiger partial charge is 0.220 e. The van der Waals surface area contributed by atoms with Crippen LogP contribution in [0.2, 0.25) is 20.4 Å². The average molecular weight is 698 g/mol. The van der Waals surface area contributed by atoms with Crippen LogP contribution in [0.25, 0.3) is 33.6 Å². The highest BCUT2D eigenvalue weighted by atomic mass is 35.5. The number of aromatic nitrogens is 4. The van der Waals surface area contributed by atoms with Crippen molar-refractivity contribution in [1.29, 1.82) is 0 Å². The molecule has 46 heavy (non-hydrogen) atoms. The maximum absolute atomic E-state index is 11.5. The van der Waals surface area contributed by atoms with Gasteiger partial charge in [0.05, 0.1) is 45.2 Å². The third-order valence-electron chi connectivity index (χ3n) is 8.56. The van der Waals surface area contributed by atoms with E-state index in [0.717, 1.165) is 43.4 Å². The fourth-order valence-electron chi connectivity index (χ4n) is 6.07. The number of nitrogens with zero attached hydrogens (tertiary/aromatic N) is 4. The molecule has 1 saturated heterocycles. The number of rotatable bonds is 11. The molecule has 4 aromatic rings. The van der Waals surface area contributed by atoms with E-state index in [1.165, 1.54) is 0 Å². The molecule has 12 heteroatoms. The first-order chi connectivity index (χ1) is 22.3. The molecule has 1 amide bonds. The van der Waals surface area contributed by atoms with Crippen molar-refractivity contribution >= 4 is 58.1 Å². The number of halogens is 4. The molecule has 8 nitrogen and oxygen atoms in total. The van der Waals surface area contributed by atoms with Gasteiger partial charge in [-0.05, 0) is 44.6 Å². The van der Waals surface area contributed by atoms with Crippen LogP contribution < -0.4 is 10.6 Å². The van der Waals surface area contributed by atoms with Crippen LogP contribution in [0, 0.1) is 5.92 Å². The van der Waals surface area contributed by atoms with Crippen molar-refractivity contribution < 1.29 is 9.59 Å². The van der Waals surface area contributed by atoms with Gasteiger partial charge in [0.1, 0.15) is 5.78 Å². The molecule has 2 fully saturated rings. The summed E-state index contributed by atoms with van der Waals surface area (Å²) in [7, 11) is 0. The van der Waals surface area contributed by atoms with Crippen molar-refractivity contribution in [3.05, 3.63) is 80.5 Å². The highest BCUT2D eigenvalue weighted by molar-refractivity contribution is 6.39. The second-order valence-corrected chi connectivity index (χ2v) is 13.3. The van der Waals surface area contributed by atoms with E-state index in [9.17, 15) is 9.59 Å². The Bertz CT molecular complexity index is 1660. The zero-order chi connectivity index (χ0) is 32.2. The van der Waals surface area contributed by atoms with Gasteiger partial charge in [-0.3, -0.25) is 19.6 Å². The SMILES string of the molecule is O=C1CC[C@@H](CNCc2ncc(-c3cccc(-c4cccc(-c5cnc(CCC[C@@H]6CCC(=O)N6)c(Cl)n5)c4Cl)c3Cl)nc2Cl)C1. The number of amides is 1. The summed E-state index contributed by atoms with van der Waals surface area (Å²) in [4.78, 5) is 41.3. The van der Waals surface area contributed by atoms with Crippen LogP contribution in [0.1, 0.15) is 56.3 Å². The molecule has 2 aromatic carbocycles. The maximum Gasteiger partial charge on any atom is 0.220 e. The van der Waals surface area contributed by atoms with E-state index in [2.05, 4.69) is 30.6 Å². The van der Waals surface area contributed by atoms with E-state index < -0.39 is 0 Å². The van der Waals surface area contributed by atoms with Gasteiger partial charge in [0.2, 0.25) is 5.91 Å². The fraction of sp³-hybridized carbons (Fsp3) is 0.353. The van der Waals surface area contributed by atoms with Crippen LogP contribution in [0.4, 0.5) is 0 Å². The molecule has 0 radical (unpaired) electrons. The Hall–Kier alpha value is -3.14. The molecular weight excluding hydrogens is 666 g/mol. The van der Waals surface area contributed by atoms with Crippen molar-refractivity contribution in [3.63, 3.8) is 0 Å². The van der Waals surface area contributed by atoms with Crippen molar-refractivity contribution in [1.82, 2.24) is 30.6 Å². The first-order valence-electron chi connectivity index (χ1n) is 15.4. The quantitative estimate of drug-likeness (QED) is 0.164. The molecule has 238 valence electrons. The van der Waals surface area contributed by atoms with Gasteiger partial charge in [-0.2, -0.15) is 0 Å². The van der Waals surface area contributed by atoms with Gasteiger partial charge >= 0.3 is 0 Å². The van der Waals surface area contributed by atoms with Gasteiger partial charge in [0.25, 0.3) is 0 Å². The summed E-state index contributed by atoms with van der Waals surface area (Å²) in [6.45, 7) is 1.20. The van der Waals surface area contributed by atoms with E-state index in [0.29, 0.717) is 98.2 Å². The molecule has 2 N–H and O–H groups in total. The van der Waals surface area contributed by atoms with Crippen molar-refractivity contribution in [2.24, 2.45) is 5.92 Å². The predicted molar refractivity (Wildman–Crippen MR) is 182 cm³/mol. The van der Waals surface area contributed by atoms with Gasteiger partial charge < -0.3 is 10.6 Å². The summed E-state index contributed by atoms with van der Waals surface area (Å²) in [5.74, 6) is 0.802. The molecular formula is C34H32Cl4N6O2. The Morgan fingerprint density at radius 3 is 1.93 bits per heavy atom. The number of aryl methyl sites for hydroxylation is 1. The standard InChI is InChI=1S/C34H32Cl4N6O2/c35-31-22(5-2-7-24(31)27-17-40-26(33(37)43-27)9-1-4-20-11-13-30(46)42-20)23-6-3-8-25(32(23)36)28-18-41-29(34(38)44-28)16-39-15-19-10-12-21(45)14-19/h2-3,5-8,17-20,39H,1,4,9-16H2,(H,42,46)/t19-,20-/m1/s1. The monoisotopic (exact) mass is 696 g/mol. The first kappa shape index (κ1) is 32.8. The van der Waals surface area contributed by atoms with E-state index in [1.54, 1.807) is 12.4 Å². The highest BCUT2D eigenvalue weighted by Crippen LogP contribution is 2.42. The lowest BCUT2D eigenvalue weighted by Crippen LogP contribution is -2.25. The Morgan fingerprint density at radius 1 is 0.783 bits per heavy atom. The number of Topliss-reactive ketones (excluding diaryl/α,β-unsaturated/α-hetero) is 1. The second-order valence-electron chi connectivity index (χ2n) is 11.8. The molecule has 2 aromatic heterocycles. The van der Waals surface area contributed by atoms with Crippen LogP contribution in [-0.2, 0) is 22.6 Å². The molecule has 1 aliphatic heterocycles. The molecule has 6 rings (SSSR count). The number of carbonyl (C=O) groups excluding carboxylic acids is 2. The minimum atomic E-state index is 0.116. The highest BCUT2D eigenvalue weighted by Gasteiger charge is 2.23. The van der Waals surface area contributed by atoms with Crippen LogP contribution >= 0.6 is 46.4 Å². The zero-order valence-electron chi connectivity index (χ0n) is 25.0. The Kier molecular flexibility index (Phi) is 10.5. The van der Waals surface area contributed by atoms with Crippen LogP contribution in [-0.4, -0.2) is 44.2 Å². The van der Waals surface area contributed by atoms with Crippen molar-refractivity contribution in [3.8, 4) is 33.6 Å². The van der Waals surface area contributed by atoms with Crippen LogP contribution in [0.5, 0.6) is 0 Å². The van der Waals surface area contributed by atoms with Gasteiger partial charge in [0.15, 0.2) is 10.3 Å². The number of hydrogen-bond acceptors (Lipinski definition) is 7.